The molecule has 2 aliphatic rings. The Bertz CT molecular complexity index is 521. The number of rotatable bonds is 3. The normalized spacial score (nSPS) is 31.5. The fourth-order valence-corrected chi connectivity index (χ4v) is 3.87. The summed E-state index contributed by atoms with van der Waals surface area (Å²) < 4.78 is 28.6. The third-order valence-electron chi connectivity index (χ3n) is 3.74. The van der Waals surface area contributed by atoms with Gasteiger partial charge in [0, 0.05) is 19.3 Å². The van der Waals surface area contributed by atoms with E-state index in [0.29, 0.717) is 17.7 Å². The van der Waals surface area contributed by atoms with Crippen LogP contribution in [0.4, 0.5) is 0 Å². The predicted molar refractivity (Wildman–Crippen MR) is 61.9 cm³/mol. The lowest BCUT2D eigenvalue weighted by atomic mass is 10.4. The average molecular weight is 256 g/mol. The number of aromatic nitrogens is 2. The summed E-state index contributed by atoms with van der Waals surface area (Å²) in [7, 11) is -1.66. The Kier molecular flexibility index (Phi) is 2.33. The van der Waals surface area contributed by atoms with Crippen molar-refractivity contribution in [3.8, 4) is 0 Å². The zero-order valence-electron chi connectivity index (χ0n) is 9.84. The molecule has 0 aromatic carbocycles. The molecule has 2 heterocycles. The van der Waals surface area contributed by atoms with Gasteiger partial charge in [0.2, 0.25) is 0 Å². The van der Waals surface area contributed by atoms with Crippen LogP contribution in [0, 0.1) is 18.8 Å². The first-order valence-electron chi connectivity index (χ1n) is 5.72. The van der Waals surface area contributed by atoms with E-state index in [1.807, 2.05) is 0 Å². The highest BCUT2D eigenvalue weighted by Crippen LogP contribution is 2.42. The molecule has 2 unspecified atom stereocenters. The van der Waals surface area contributed by atoms with Gasteiger partial charge in [-0.05, 0) is 31.8 Å². The molecule has 17 heavy (non-hydrogen) atoms. The van der Waals surface area contributed by atoms with E-state index in [1.54, 1.807) is 24.7 Å². The number of nitrogens with zero attached hydrogens (tertiary/aromatic N) is 2. The number of nitrogens with one attached hydrogen (secondary N) is 2. The zero-order chi connectivity index (χ0) is 12.2. The van der Waals surface area contributed by atoms with Crippen LogP contribution in [0.25, 0.3) is 0 Å². The van der Waals surface area contributed by atoms with Crippen LogP contribution >= 0.6 is 0 Å². The maximum absolute atomic E-state index is 12.1. The fraction of sp³-hybridized carbons (Fsp3) is 0.700. The first-order chi connectivity index (χ1) is 7.99. The van der Waals surface area contributed by atoms with Crippen LogP contribution in [0.3, 0.4) is 0 Å². The molecule has 0 radical (unpaired) electrons. The summed E-state index contributed by atoms with van der Waals surface area (Å²) in [5.74, 6) is 1.63. The Morgan fingerprint density at radius 1 is 1.47 bits per heavy atom. The summed E-state index contributed by atoms with van der Waals surface area (Å²) in [6, 6.07) is 0.101. The molecule has 1 aliphatic heterocycles. The molecule has 0 bridgehead atoms. The van der Waals surface area contributed by atoms with E-state index >= 15 is 0 Å². The van der Waals surface area contributed by atoms with Gasteiger partial charge in [-0.25, -0.2) is 18.1 Å². The van der Waals surface area contributed by atoms with Gasteiger partial charge in [-0.3, -0.25) is 0 Å². The van der Waals surface area contributed by atoms with Crippen LogP contribution in [0.2, 0.25) is 0 Å². The highest BCUT2D eigenvalue weighted by atomic mass is 32.2. The third kappa shape index (κ3) is 1.78. The second-order valence-electron chi connectivity index (χ2n) is 4.87. The molecule has 1 saturated heterocycles. The van der Waals surface area contributed by atoms with E-state index in [-0.39, 0.29) is 11.1 Å². The Balaban J connectivity index is 1.78. The van der Waals surface area contributed by atoms with Gasteiger partial charge in [-0.15, -0.1) is 0 Å². The highest BCUT2D eigenvalue weighted by molar-refractivity contribution is 7.89. The van der Waals surface area contributed by atoms with Crippen LogP contribution < -0.4 is 10.0 Å². The Labute approximate surface area is 100 Å². The topological polar surface area (TPSA) is 76.0 Å². The number of imidazole rings is 1. The van der Waals surface area contributed by atoms with Crippen molar-refractivity contribution in [3.63, 3.8) is 0 Å². The molecule has 6 nitrogen and oxygen atoms in total. The van der Waals surface area contributed by atoms with Crippen molar-refractivity contribution in [1.82, 2.24) is 19.6 Å². The molecule has 7 heteroatoms. The van der Waals surface area contributed by atoms with E-state index in [2.05, 4.69) is 15.0 Å². The molecule has 1 aromatic heterocycles. The van der Waals surface area contributed by atoms with Crippen molar-refractivity contribution in [1.29, 1.82) is 0 Å². The van der Waals surface area contributed by atoms with Crippen molar-refractivity contribution in [3.05, 3.63) is 12.0 Å². The van der Waals surface area contributed by atoms with Gasteiger partial charge in [0.15, 0.2) is 5.03 Å². The Hall–Kier alpha value is -0.920. The van der Waals surface area contributed by atoms with Gasteiger partial charge < -0.3 is 9.88 Å². The molecule has 2 atom stereocenters. The number of hydrogen-bond donors (Lipinski definition) is 2. The van der Waals surface area contributed by atoms with Crippen LogP contribution in [-0.4, -0.2) is 37.1 Å². The van der Waals surface area contributed by atoms with E-state index in [9.17, 15) is 8.42 Å². The van der Waals surface area contributed by atoms with Crippen LogP contribution in [0.15, 0.2) is 11.2 Å². The second kappa shape index (κ2) is 3.54. The van der Waals surface area contributed by atoms with Gasteiger partial charge in [0.1, 0.15) is 5.82 Å². The molecule has 0 spiro atoms. The summed E-state index contributed by atoms with van der Waals surface area (Å²) in [5, 5.41) is 3.36. The average Bonchev–Trinajstić information content (AvgIpc) is 2.69. The van der Waals surface area contributed by atoms with Gasteiger partial charge >= 0.3 is 0 Å². The minimum atomic E-state index is -3.45. The van der Waals surface area contributed by atoms with Crippen LogP contribution in [-0.2, 0) is 17.1 Å². The van der Waals surface area contributed by atoms with Crippen molar-refractivity contribution in [2.75, 3.05) is 13.1 Å². The molecular formula is C10H16N4O2S. The van der Waals surface area contributed by atoms with Crippen LogP contribution in [0.5, 0.6) is 0 Å². The summed E-state index contributed by atoms with van der Waals surface area (Å²) in [4.78, 5) is 4.05. The summed E-state index contributed by atoms with van der Waals surface area (Å²) in [6.07, 6.45) is 1.55. The Morgan fingerprint density at radius 3 is 2.65 bits per heavy atom. The third-order valence-corrected chi connectivity index (χ3v) is 5.07. The van der Waals surface area contributed by atoms with E-state index in [0.717, 1.165) is 13.1 Å². The lowest BCUT2D eigenvalue weighted by Crippen LogP contribution is -2.32. The number of hydrogen-bond acceptors (Lipinski definition) is 4. The van der Waals surface area contributed by atoms with Gasteiger partial charge in [0.05, 0.1) is 0 Å². The monoisotopic (exact) mass is 256 g/mol. The quantitative estimate of drug-likeness (QED) is 0.744. The predicted octanol–water partition coefficient (Wildman–Crippen LogP) is -0.775. The lowest BCUT2D eigenvalue weighted by molar-refractivity contribution is 0.562. The van der Waals surface area contributed by atoms with Crippen molar-refractivity contribution in [2.24, 2.45) is 18.9 Å². The minimum absolute atomic E-state index is 0.101. The zero-order valence-corrected chi connectivity index (χ0v) is 10.7. The first kappa shape index (κ1) is 11.2. The van der Waals surface area contributed by atoms with Gasteiger partial charge in [0.25, 0.3) is 10.0 Å². The van der Waals surface area contributed by atoms with Gasteiger partial charge in [-0.1, -0.05) is 0 Å². The number of piperidine rings is 1. The molecule has 1 aromatic rings. The van der Waals surface area contributed by atoms with Crippen molar-refractivity contribution >= 4 is 10.0 Å². The molecule has 2 fully saturated rings. The molecule has 94 valence electrons. The summed E-state index contributed by atoms with van der Waals surface area (Å²) in [5.41, 5.74) is 0. The molecule has 3 rings (SSSR count). The number of sulfonamides is 1. The van der Waals surface area contributed by atoms with E-state index in [1.165, 1.54) is 0 Å². The van der Waals surface area contributed by atoms with Crippen molar-refractivity contribution < 1.29 is 8.42 Å². The molecule has 1 aliphatic carbocycles. The second-order valence-corrected chi connectivity index (χ2v) is 6.53. The lowest BCUT2D eigenvalue weighted by Gasteiger charge is -2.06. The first-order valence-corrected chi connectivity index (χ1v) is 7.20. The van der Waals surface area contributed by atoms with Crippen molar-refractivity contribution in [2.45, 2.75) is 18.0 Å². The molecular weight excluding hydrogens is 240 g/mol. The SMILES string of the molecule is Cc1nc(S(=O)(=O)NC2C3CNCC32)cn1C. The highest BCUT2D eigenvalue weighted by Gasteiger charge is 2.54. The van der Waals surface area contributed by atoms with E-state index < -0.39 is 10.0 Å². The molecule has 0 amide bonds. The molecule has 2 N–H and O–H groups in total. The smallest absolute Gasteiger partial charge is 0.259 e. The van der Waals surface area contributed by atoms with E-state index in [4.69, 9.17) is 0 Å². The van der Waals surface area contributed by atoms with Crippen LogP contribution in [0.1, 0.15) is 5.82 Å². The largest absolute Gasteiger partial charge is 0.337 e. The maximum atomic E-state index is 12.1. The number of aryl methyl sites for hydroxylation is 2. The fourth-order valence-electron chi connectivity index (χ4n) is 2.49. The number of fused-ring (bicyclic) bond motifs is 1. The molecule has 1 saturated carbocycles. The standard InChI is InChI=1S/C10H16N4O2S/c1-6-12-9(5-14(6)2)17(15,16)13-10-7-3-11-4-8(7)10/h5,7-8,10-11,13H,3-4H2,1-2H3. The van der Waals surface area contributed by atoms with Gasteiger partial charge in [-0.2, -0.15) is 0 Å². The summed E-state index contributed by atoms with van der Waals surface area (Å²) >= 11 is 0. The Morgan fingerprint density at radius 2 is 2.12 bits per heavy atom. The minimum Gasteiger partial charge on any atom is -0.337 e. The summed E-state index contributed by atoms with van der Waals surface area (Å²) in [6.45, 7) is 3.62. The maximum Gasteiger partial charge on any atom is 0.259 e.